The van der Waals surface area contributed by atoms with Crippen LogP contribution in [0, 0.1) is 19.8 Å². The van der Waals surface area contributed by atoms with Gasteiger partial charge in [0, 0.05) is 18.0 Å². The van der Waals surface area contributed by atoms with Gasteiger partial charge in [0.1, 0.15) is 9.96 Å². The molecule has 27 heavy (non-hydrogen) atoms. The van der Waals surface area contributed by atoms with E-state index < -0.39 is 10.0 Å². The Labute approximate surface area is 164 Å². The van der Waals surface area contributed by atoms with E-state index in [2.05, 4.69) is 5.32 Å². The van der Waals surface area contributed by atoms with Gasteiger partial charge < -0.3 is 10.1 Å². The Morgan fingerprint density at radius 2 is 2.04 bits per heavy atom. The quantitative estimate of drug-likeness (QED) is 0.823. The number of ether oxygens (including phenoxy) is 1. The lowest BCUT2D eigenvalue weighted by Gasteiger charge is -2.31. The molecule has 1 amide bonds. The largest absolute Gasteiger partial charge is 0.495 e. The normalized spacial score (nSPS) is 18.3. The fourth-order valence-corrected chi connectivity index (χ4v) is 6.17. The number of thiophene rings is 1. The minimum absolute atomic E-state index is 0.179. The highest BCUT2D eigenvalue weighted by Gasteiger charge is 2.34. The zero-order valence-electron chi connectivity index (χ0n) is 15.7. The molecule has 2 heterocycles. The van der Waals surface area contributed by atoms with E-state index in [-0.39, 0.29) is 18.4 Å². The third-order valence-electron chi connectivity index (χ3n) is 4.68. The summed E-state index contributed by atoms with van der Waals surface area (Å²) in [5.74, 6) is 0.0178. The monoisotopic (exact) mass is 408 g/mol. The van der Waals surface area contributed by atoms with Gasteiger partial charge in [-0.25, -0.2) is 8.42 Å². The molecule has 0 radical (unpaired) electrons. The van der Waals surface area contributed by atoms with E-state index in [9.17, 15) is 13.2 Å². The molecule has 1 saturated heterocycles. The van der Waals surface area contributed by atoms with Gasteiger partial charge in [-0.1, -0.05) is 6.07 Å². The highest BCUT2D eigenvalue weighted by Crippen LogP contribution is 2.30. The minimum atomic E-state index is -3.55. The first kappa shape index (κ1) is 19.9. The van der Waals surface area contributed by atoms with Crippen molar-refractivity contribution in [3.8, 4) is 5.75 Å². The molecule has 0 spiro atoms. The molecule has 0 bridgehead atoms. The average molecular weight is 409 g/mol. The highest BCUT2D eigenvalue weighted by molar-refractivity contribution is 7.91. The van der Waals surface area contributed by atoms with Crippen molar-refractivity contribution < 1.29 is 17.9 Å². The predicted octanol–water partition coefficient (Wildman–Crippen LogP) is 3.41. The predicted molar refractivity (Wildman–Crippen MR) is 107 cm³/mol. The van der Waals surface area contributed by atoms with Gasteiger partial charge >= 0.3 is 0 Å². The Balaban J connectivity index is 1.74. The maximum Gasteiger partial charge on any atom is 0.252 e. The smallest absolute Gasteiger partial charge is 0.252 e. The number of sulfonamides is 1. The van der Waals surface area contributed by atoms with Gasteiger partial charge in [-0.2, -0.15) is 4.31 Å². The van der Waals surface area contributed by atoms with Crippen LogP contribution < -0.4 is 10.1 Å². The standard InChI is InChI=1S/C19H24N2O4S2/c1-13-6-8-17(25-3)16(11-13)20-19(22)15-5-4-10-21(12-15)27(23,24)18-9-7-14(2)26-18/h6-9,11,15H,4-5,10,12H2,1-3H3,(H,20,22)/t15-/m1/s1. The number of hydrogen-bond donors (Lipinski definition) is 1. The number of methoxy groups -OCH3 is 1. The van der Waals surface area contributed by atoms with Gasteiger partial charge in [-0.3, -0.25) is 4.79 Å². The Kier molecular flexibility index (Phi) is 5.88. The maximum atomic E-state index is 12.9. The van der Waals surface area contributed by atoms with E-state index >= 15 is 0 Å². The van der Waals surface area contributed by atoms with Crippen LogP contribution in [0.1, 0.15) is 23.3 Å². The molecule has 3 rings (SSSR count). The van der Waals surface area contributed by atoms with Crippen molar-refractivity contribution in [2.45, 2.75) is 30.9 Å². The van der Waals surface area contributed by atoms with Crippen molar-refractivity contribution in [3.05, 3.63) is 40.8 Å². The summed E-state index contributed by atoms with van der Waals surface area (Å²) >= 11 is 1.26. The van der Waals surface area contributed by atoms with Crippen molar-refractivity contribution in [1.82, 2.24) is 4.31 Å². The number of anilines is 1. The maximum absolute atomic E-state index is 12.9. The number of aryl methyl sites for hydroxylation is 2. The lowest BCUT2D eigenvalue weighted by atomic mass is 9.98. The number of carbonyl (C=O) groups is 1. The summed E-state index contributed by atoms with van der Waals surface area (Å²) in [6, 6.07) is 9.00. The van der Waals surface area contributed by atoms with Crippen LogP contribution in [-0.2, 0) is 14.8 Å². The first-order valence-corrected chi connectivity index (χ1v) is 11.1. The van der Waals surface area contributed by atoms with Crippen LogP contribution >= 0.6 is 11.3 Å². The zero-order valence-corrected chi connectivity index (χ0v) is 17.3. The highest BCUT2D eigenvalue weighted by atomic mass is 32.2. The summed E-state index contributed by atoms with van der Waals surface area (Å²) in [6.45, 7) is 4.45. The lowest BCUT2D eigenvalue weighted by Crippen LogP contribution is -2.43. The van der Waals surface area contributed by atoms with Crippen molar-refractivity contribution in [3.63, 3.8) is 0 Å². The van der Waals surface area contributed by atoms with Crippen molar-refractivity contribution in [2.75, 3.05) is 25.5 Å². The van der Waals surface area contributed by atoms with Gasteiger partial charge in [0.25, 0.3) is 10.0 Å². The van der Waals surface area contributed by atoms with Gasteiger partial charge in [0.2, 0.25) is 5.91 Å². The Bertz CT molecular complexity index is 937. The number of rotatable bonds is 5. The van der Waals surface area contributed by atoms with Crippen molar-refractivity contribution in [2.24, 2.45) is 5.92 Å². The zero-order chi connectivity index (χ0) is 19.6. The van der Waals surface area contributed by atoms with E-state index in [0.29, 0.717) is 35.0 Å². The average Bonchev–Trinajstić information content (AvgIpc) is 3.09. The number of hydrogen-bond acceptors (Lipinski definition) is 5. The van der Waals surface area contributed by atoms with E-state index in [1.54, 1.807) is 19.2 Å². The van der Waals surface area contributed by atoms with Crippen LogP contribution in [-0.4, -0.2) is 38.8 Å². The SMILES string of the molecule is COc1ccc(C)cc1NC(=O)[C@@H]1CCCN(S(=O)(=O)c2ccc(C)s2)C1. The first-order valence-electron chi connectivity index (χ1n) is 8.83. The third-order valence-corrected chi connectivity index (χ3v) is 8.01. The molecular formula is C19H24N2O4S2. The fraction of sp³-hybridized carbons (Fsp3) is 0.421. The van der Waals surface area contributed by atoms with Crippen LogP contribution in [0.5, 0.6) is 5.75 Å². The summed E-state index contributed by atoms with van der Waals surface area (Å²) in [7, 11) is -2.00. The summed E-state index contributed by atoms with van der Waals surface area (Å²) in [4.78, 5) is 13.7. The fourth-order valence-electron chi connectivity index (χ4n) is 3.21. The van der Waals surface area contributed by atoms with E-state index in [1.165, 1.54) is 15.6 Å². The molecule has 1 fully saturated rings. The van der Waals surface area contributed by atoms with Crippen LogP contribution in [0.4, 0.5) is 5.69 Å². The van der Waals surface area contributed by atoms with Crippen molar-refractivity contribution >= 4 is 33.0 Å². The molecule has 1 aromatic heterocycles. The van der Waals surface area contributed by atoms with Gasteiger partial charge in [-0.05, 0) is 56.5 Å². The molecule has 2 aromatic rings. The van der Waals surface area contributed by atoms with Gasteiger partial charge in [0.15, 0.2) is 0 Å². The molecule has 6 nitrogen and oxygen atoms in total. The van der Waals surface area contributed by atoms with Crippen LogP contribution in [0.15, 0.2) is 34.5 Å². The molecule has 1 N–H and O–H groups in total. The molecule has 1 atom stereocenters. The minimum Gasteiger partial charge on any atom is -0.495 e. The molecule has 0 aliphatic carbocycles. The van der Waals surface area contributed by atoms with E-state index in [0.717, 1.165) is 10.4 Å². The molecule has 0 saturated carbocycles. The molecule has 1 aliphatic heterocycles. The van der Waals surface area contributed by atoms with Crippen LogP contribution in [0.2, 0.25) is 0 Å². The molecular weight excluding hydrogens is 384 g/mol. The molecule has 146 valence electrons. The number of carbonyl (C=O) groups excluding carboxylic acids is 1. The number of benzene rings is 1. The molecule has 1 aliphatic rings. The second-order valence-corrected chi connectivity index (χ2v) is 10.2. The number of nitrogens with one attached hydrogen (secondary N) is 1. The van der Waals surface area contributed by atoms with Gasteiger partial charge in [0.05, 0.1) is 18.7 Å². The first-order chi connectivity index (χ1) is 12.8. The third kappa shape index (κ3) is 4.34. The Hall–Kier alpha value is -1.90. The van der Waals surface area contributed by atoms with Crippen molar-refractivity contribution in [1.29, 1.82) is 0 Å². The number of piperidine rings is 1. The summed E-state index contributed by atoms with van der Waals surface area (Å²) in [5, 5.41) is 2.91. The summed E-state index contributed by atoms with van der Waals surface area (Å²) in [5.41, 5.74) is 1.61. The Morgan fingerprint density at radius 3 is 2.70 bits per heavy atom. The summed E-state index contributed by atoms with van der Waals surface area (Å²) < 4.78 is 32.8. The second-order valence-electron chi connectivity index (χ2n) is 6.76. The van der Waals surface area contributed by atoms with Crippen LogP contribution in [0.25, 0.3) is 0 Å². The van der Waals surface area contributed by atoms with Gasteiger partial charge in [-0.15, -0.1) is 11.3 Å². The lowest BCUT2D eigenvalue weighted by molar-refractivity contribution is -0.120. The molecule has 8 heteroatoms. The molecule has 0 unspecified atom stereocenters. The van der Waals surface area contributed by atoms with Crippen LogP contribution in [0.3, 0.4) is 0 Å². The number of amides is 1. The Morgan fingerprint density at radius 1 is 1.26 bits per heavy atom. The topological polar surface area (TPSA) is 75.7 Å². The summed E-state index contributed by atoms with van der Waals surface area (Å²) in [6.07, 6.45) is 1.32. The number of nitrogens with zero attached hydrogens (tertiary/aromatic N) is 1. The molecule has 1 aromatic carbocycles. The van der Waals surface area contributed by atoms with E-state index in [4.69, 9.17) is 4.74 Å². The second kappa shape index (κ2) is 8.00. The van der Waals surface area contributed by atoms with E-state index in [1.807, 2.05) is 32.0 Å².